The quantitative estimate of drug-likeness (QED) is 0.749. The lowest BCUT2D eigenvalue weighted by Gasteiger charge is -2.09. The van der Waals surface area contributed by atoms with Crippen LogP contribution in [0.25, 0.3) is 0 Å². The van der Waals surface area contributed by atoms with E-state index < -0.39 is 0 Å². The molecule has 1 unspecified atom stereocenters. The number of carbonyl (C=O) groups is 1. The number of nitrogens with one attached hydrogen (secondary N) is 2. The Balaban J connectivity index is 1.51. The minimum absolute atomic E-state index is 0.114. The fourth-order valence-electron chi connectivity index (χ4n) is 2.94. The molecule has 122 valence electrons. The molecule has 0 radical (unpaired) electrons. The van der Waals surface area contributed by atoms with Crippen LogP contribution in [-0.4, -0.2) is 34.4 Å². The van der Waals surface area contributed by atoms with Crippen molar-refractivity contribution >= 4 is 5.91 Å². The predicted octanol–water partition coefficient (Wildman–Crippen LogP) is 1.54. The predicted molar refractivity (Wildman–Crippen MR) is 85.8 cm³/mol. The van der Waals surface area contributed by atoms with Crippen LogP contribution in [0.5, 0.6) is 0 Å². The van der Waals surface area contributed by atoms with Crippen LogP contribution in [0, 0.1) is 12.3 Å². The van der Waals surface area contributed by atoms with Crippen LogP contribution >= 0.6 is 0 Å². The average Bonchev–Trinajstić information content (AvgIpc) is 2.96. The molecule has 1 saturated heterocycles. The molecule has 3 rings (SSSR count). The zero-order valence-electron chi connectivity index (χ0n) is 13.4. The Labute approximate surface area is 135 Å². The number of rotatable bonds is 7. The van der Waals surface area contributed by atoms with E-state index >= 15 is 0 Å². The van der Waals surface area contributed by atoms with Crippen LogP contribution in [0.4, 0.5) is 0 Å². The van der Waals surface area contributed by atoms with Gasteiger partial charge in [-0.1, -0.05) is 0 Å². The van der Waals surface area contributed by atoms with Crippen LogP contribution in [0.15, 0.2) is 16.3 Å². The summed E-state index contributed by atoms with van der Waals surface area (Å²) in [7, 11) is 1.80. The molecule has 1 aromatic heterocycles. The largest absolute Gasteiger partial charge is 0.351 e. The van der Waals surface area contributed by atoms with Crippen molar-refractivity contribution in [1.82, 2.24) is 20.4 Å². The highest BCUT2D eigenvalue weighted by molar-refractivity contribution is 5.92. The zero-order chi connectivity index (χ0) is 16.3. The third-order valence-corrected chi connectivity index (χ3v) is 4.41. The van der Waals surface area contributed by atoms with Crippen molar-refractivity contribution in [3.8, 4) is 12.3 Å². The summed E-state index contributed by atoms with van der Waals surface area (Å²) >= 11 is 0. The fraction of sp³-hybridized carbons (Fsp3) is 0.625. The number of hydrogen-bond acceptors (Lipinski definition) is 5. The van der Waals surface area contributed by atoms with Crippen LogP contribution in [0.1, 0.15) is 54.3 Å². The lowest BCUT2D eigenvalue weighted by molar-refractivity contribution is 0.0942. The van der Waals surface area contributed by atoms with E-state index in [0.29, 0.717) is 25.1 Å². The SMILES string of the molecule is C#CCCC1(CCNC(=O)c2cc(C3CCCN3)nn2C)N=N1. The second-order valence-electron chi connectivity index (χ2n) is 6.12. The molecule has 2 aliphatic heterocycles. The molecular formula is C16H22N6O. The van der Waals surface area contributed by atoms with E-state index in [2.05, 4.69) is 31.9 Å². The first-order valence-electron chi connectivity index (χ1n) is 8.07. The molecule has 0 aliphatic carbocycles. The lowest BCUT2D eigenvalue weighted by Crippen LogP contribution is -2.29. The maximum atomic E-state index is 12.3. The summed E-state index contributed by atoms with van der Waals surface area (Å²) in [5, 5.41) is 18.9. The van der Waals surface area contributed by atoms with Crippen molar-refractivity contribution in [3.05, 3.63) is 17.5 Å². The molecule has 7 heteroatoms. The summed E-state index contributed by atoms with van der Waals surface area (Å²) in [5.41, 5.74) is 1.16. The molecule has 0 spiro atoms. The maximum Gasteiger partial charge on any atom is 0.269 e. The van der Waals surface area contributed by atoms with Gasteiger partial charge >= 0.3 is 0 Å². The summed E-state index contributed by atoms with van der Waals surface area (Å²) in [5.74, 6) is 2.49. The summed E-state index contributed by atoms with van der Waals surface area (Å²) < 4.78 is 1.64. The molecule has 3 heterocycles. The second kappa shape index (κ2) is 6.50. The summed E-state index contributed by atoms with van der Waals surface area (Å²) in [6.45, 7) is 1.54. The highest BCUT2D eigenvalue weighted by atomic mass is 16.2. The van der Waals surface area contributed by atoms with Gasteiger partial charge in [-0.2, -0.15) is 15.3 Å². The van der Waals surface area contributed by atoms with E-state index in [9.17, 15) is 4.79 Å². The van der Waals surface area contributed by atoms with E-state index in [1.54, 1.807) is 11.7 Å². The van der Waals surface area contributed by atoms with E-state index in [4.69, 9.17) is 6.42 Å². The maximum absolute atomic E-state index is 12.3. The van der Waals surface area contributed by atoms with Gasteiger partial charge in [0.25, 0.3) is 5.91 Å². The van der Waals surface area contributed by atoms with Crippen LogP contribution in [0.3, 0.4) is 0 Å². The van der Waals surface area contributed by atoms with E-state index in [1.807, 2.05) is 6.07 Å². The van der Waals surface area contributed by atoms with Crippen molar-refractivity contribution in [2.45, 2.75) is 43.8 Å². The third-order valence-electron chi connectivity index (χ3n) is 4.41. The summed E-state index contributed by atoms with van der Waals surface area (Å²) in [4.78, 5) is 12.3. The van der Waals surface area contributed by atoms with Gasteiger partial charge in [-0.15, -0.1) is 12.3 Å². The Morgan fingerprint density at radius 2 is 2.39 bits per heavy atom. The highest BCUT2D eigenvalue weighted by Crippen LogP contribution is 2.36. The molecule has 0 saturated carbocycles. The molecule has 23 heavy (non-hydrogen) atoms. The second-order valence-corrected chi connectivity index (χ2v) is 6.12. The van der Waals surface area contributed by atoms with Gasteiger partial charge < -0.3 is 10.6 Å². The fourth-order valence-corrected chi connectivity index (χ4v) is 2.94. The molecule has 1 aromatic rings. The first kappa shape index (κ1) is 15.7. The first-order valence-corrected chi connectivity index (χ1v) is 8.07. The van der Waals surface area contributed by atoms with Gasteiger partial charge in [0.15, 0.2) is 5.66 Å². The first-order chi connectivity index (χ1) is 11.1. The minimum Gasteiger partial charge on any atom is -0.351 e. The van der Waals surface area contributed by atoms with Crippen LogP contribution in [0.2, 0.25) is 0 Å². The van der Waals surface area contributed by atoms with E-state index in [1.165, 1.54) is 0 Å². The number of hydrogen-bond donors (Lipinski definition) is 2. The van der Waals surface area contributed by atoms with Gasteiger partial charge in [-0.3, -0.25) is 9.48 Å². The molecule has 2 N–H and O–H groups in total. The zero-order valence-corrected chi connectivity index (χ0v) is 13.4. The van der Waals surface area contributed by atoms with Gasteiger partial charge in [0, 0.05) is 32.9 Å². The minimum atomic E-state index is -0.356. The van der Waals surface area contributed by atoms with Gasteiger partial charge in [-0.25, -0.2) is 0 Å². The smallest absolute Gasteiger partial charge is 0.269 e. The number of nitrogens with zero attached hydrogens (tertiary/aromatic N) is 4. The molecule has 2 aliphatic rings. The van der Waals surface area contributed by atoms with Crippen molar-refractivity contribution in [2.24, 2.45) is 17.3 Å². The lowest BCUT2D eigenvalue weighted by atomic mass is 10.0. The standard InChI is InChI=1S/C16H22N6O/c1-3-4-7-16(20-21-16)8-10-18-15(23)14-11-13(19-22(14)2)12-6-5-9-17-12/h1,11-12,17H,4-10H2,2H3,(H,18,23). The van der Waals surface area contributed by atoms with E-state index in [0.717, 1.165) is 31.5 Å². The van der Waals surface area contributed by atoms with Gasteiger partial charge in [0.05, 0.1) is 11.7 Å². The van der Waals surface area contributed by atoms with Crippen molar-refractivity contribution < 1.29 is 4.79 Å². The molecule has 1 atom stereocenters. The average molecular weight is 314 g/mol. The van der Waals surface area contributed by atoms with E-state index in [-0.39, 0.29) is 17.6 Å². The number of carbonyl (C=O) groups excluding carboxylic acids is 1. The highest BCUT2D eigenvalue weighted by Gasteiger charge is 2.38. The van der Waals surface area contributed by atoms with Crippen molar-refractivity contribution in [3.63, 3.8) is 0 Å². The Kier molecular flexibility index (Phi) is 4.44. The van der Waals surface area contributed by atoms with Gasteiger partial charge in [0.1, 0.15) is 5.69 Å². The topological polar surface area (TPSA) is 83.7 Å². The number of aryl methyl sites for hydroxylation is 1. The Morgan fingerprint density at radius 3 is 3.04 bits per heavy atom. The van der Waals surface area contributed by atoms with Crippen molar-refractivity contribution in [1.29, 1.82) is 0 Å². The number of terminal acetylenes is 1. The van der Waals surface area contributed by atoms with Crippen molar-refractivity contribution in [2.75, 3.05) is 13.1 Å². The molecular weight excluding hydrogens is 292 g/mol. The summed E-state index contributed by atoms with van der Waals surface area (Å²) in [6.07, 6.45) is 9.58. The number of amides is 1. The molecule has 7 nitrogen and oxygen atoms in total. The molecule has 1 amide bonds. The Bertz CT molecular complexity index is 644. The van der Waals surface area contributed by atoms with Crippen LogP contribution in [-0.2, 0) is 7.05 Å². The van der Waals surface area contributed by atoms with Crippen LogP contribution < -0.4 is 10.6 Å². The molecule has 1 fully saturated rings. The molecule has 0 aromatic carbocycles. The summed E-state index contributed by atoms with van der Waals surface area (Å²) in [6, 6.07) is 2.14. The monoisotopic (exact) mass is 314 g/mol. The van der Waals surface area contributed by atoms with Gasteiger partial charge in [0.2, 0.25) is 0 Å². The third kappa shape index (κ3) is 3.59. The Hall–Kier alpha value is -2.20. The molecule has 0 bridgehead atoms. The Morgan fingerprint density at radius 1 is 1.57 bits per heavy atom. The normalized spacial score (nSPS) is 21.1. The van der Waals surface area contributed by atoms with Gasteiger partial charge in [-0.05, 0) is 25.5 Å². The number of aromatic nitrogens is 2.